The maximum Gasteiger partial charge on any atom is 0.238 e. The van der Waals surface area contributed by atoms with Gasteiger partial charge in [0.1, 0.15) is 0 Å². The Bertz CT molecular complexity index is 696. The Kier molecular flexibility index (Phi) is 5.28. The Labute approximate surface area is 161 Å². The van der Waals surface area contributed by atoms with Crippen molar-refractivity contribution in [3.8, 4) is 0 Å². The molecule has 3 heterocycles. The quantitative estimate of drug-likeness (QED) is 0.867. The number of amides is 1. The predicted molar refractivity (Wildman–Crippen MR) is 111 cm³/mol. The van der Waals surface area contributed by atoms with Crippen molar-refractivity contribution in [2.45, 2.75) is 56.9 Å². The lowest BCUT2D eigenvalue weighted by Crippen LogP contribution is -2.39. The van der Waals surface area contributed by atoms with Crippen LogP contribution in [-0.2, 0) is 4.79 Å². The first kappa shape index (κ1) is 17.9. The van der Waals surface area contributed by atoms with Gasteiger partial charge < -0.3 is 10.2 Å². The molecule has 2 saturated heterocycles. The summed E-state index contributed by atoms with van der Waals surface area (Å²) in [7, 11) is 0. The first-order valence-electron chi connectivity index (χ1n) is 9.84. The number of aryl methyl sites for hydroxylation is 1. The van der Waals surface area contributed by atoms with Gasteiger partial charge in [-0.2, -0.15) is 0 Å². The molecule has 1 aromatic carbocycles. The number of allylic oxidation sites excluding steroid dienone is 1. The summed E-state index contributed by atoms with van der Waals surface area (Å²) in [6, 6.07) is 7.90. The van der Waals surface area contributed by atoms with Gasteiger partial charge in [-0.05, 0) is 75.2 Å². The zero-order valence-electron chi connectivity index (χ0n) is 15.8. The highest BCUT2D eigenvalue weighted by molar-refractivity contribution is 8.03. The summed E-state index contributed by atoms with van der Waals surface area (Å²) >= 11 is 1.61. The smallest absolute Gasteiger partial charge is 0.238 e. The average Bonchev–Trinajstić information content (AvgIpc) is 3.37. The van der Waals surface area contributed by atoms with Crippen molar-refractivity contribution in [3.05, 3.63) is 35.2 Å². The molecule has 5 heteroatoms. The molecule has 0 aliphatic carbocycles. The third kappa shape index (κ3) is 3.65. The van der Waals surface area contributed by atoms with E-state index in [4.69, 9.17) is 0 Å². The second-order valence-electron chi connectivity index (χ2n) is 7.84. The maximum atomic E-state index is 12.3. The number of anilines is 2. The van der Waals surface area contributed by atoms with Gasteiger partial charge in [-0.1, -0.05) is 6.08 Å². The van der Waals surface area contributed by atoms with Crippen molar-refractivity contribution < 1.29 is 4.79 Å². The number of nitrogens with zero attached hydrogens (tertiary/aromatic N) is 2. The minimum Gasteiger partial charge on any atom is -0.370 e. The topological polar surface area (TPSA) is 35.6 Å². The van der Waals surface area contributed by atoms with Gasteiger partial charge in [-0.15, -0.1) is 11.8 Å². The van der Waals surface area contributed by atoms with Crippen LogP contribution in [0.25, 0.3) is 0 Å². The molecular weight excluding hydrogens is 342 g/mol. The molecule has 0 radical (unpaired) electrons. The predicted octanol–water partition coefficient (Wildman–Crippen LogP) is 4.02. The highest BCUT2D eigenvalue weighted by atomic mass is 32.2. The van der Waals surface area contributed by atoms with Crippen molar-refractivity contribution in [1.29, 1.82) is 0 Å². The van der Waals surface area contributed by atoms with Crippen molar-refractivity contribution in [3.63, 3.8) is 0 Å². The van der Waals surface area contributed by atoms with E-state index in [0.717, 1.165) is 36.8 Å². The Hall–Kier alpha value is -1.46. The first-order valence-corrected chi connectivity index (χ1v) is 10.8. The lowest BCUT2D eigenvalue weighted by molar-refractivity contribution is -0.115. The van der Waals surface area contributed by atoms with E-state index in [1.807, 2.05) is 5.41 Å². The SMILES string of the molecule is Cc1cc(N2CCC(N3CCCC3C)C2)ccc1NC(=O)C1CC=CS1. The van der Waals surface area contributed by atoms with Gasteiger partial charge in [0.25, 0.3) is 0 Å². The molecule has 3 unspecified atom stereocenters. The standard InChI is InChI=1S/C21H29N3OS/c1-15-13-17(7-8-19(15)22-21(25)20-6-4-12-26-20)23-11-9-18(14-23)24-10-3-5-16(24)2/h4,7-8,12-13,16,18,20H,3,5-6,9-11,14H2,1-2H3,(H,22,25). The van der Waals surface area contributed by atoms with Crippen LogP contribution in [-0.4, -0.2) is 47.8 Å². The van der Waals surface area contributed by atoms with Crippen LogP contribution in [0.3, 0.4) is 0 Å². The van der Waals surface area contributed by atoms with E-state index in [0.29, 0.717) is 6.04 Å². The Morgan fingerprint density at radius 2 is 2.15 bits per heavy atom. The number of likely N-dealkylation sites (tertiary alicyclic amines) is 1. The molecule has 0 saturated carbocycles. The molecule has 0 aromatic heterocycles. The van der Waals surface area contributed by atoms with Crippen LogP contribution in [0, 0.1) is 6.92 Å². The summed E-state index contributed by atoms with van der Waals surface area (Å²) in [6.45, 7) is 7.98. The van der Waals surface area contributed by atoms with Crippen LogP contribution >= 0.6 is 11.8 Å². The Morgan fingerprint density at radius 1 is 1.27 bits per heavy atom. The molecular formula is C21H29N3OS. The molecule has 3 aliphatic heterocycles. The summed E-state index contributed by atoms with van der Waals surface area (Å²) in [6.07, 6.45) is 6.85. The summed E-state index contributed by atoms with van der Waals surface area (Å²) in [5, 5.41) is 5.15. The molecule has 1 amide bonds. The molecule has 1 N–H and O–H groups in total. The molecule has 0 spiro atoms. The second-order valence-corrected chi connectivity index (χ2v) is 8.95. The number of hydrogen-bond donors (Lipinski definition) is 1. The van der Waals surface area contributed by atoms with Crippen LogP contribution in [0.4, 0.5) is 11.4 Å². The van der Waals surface area contributed by atoms with E-state index < -0.39 is 0 Å². The van der Waals surface area contributed by atoms with Crippen molar-refractivity contribution in [1.82, 2.24) is 4.90 Å². The van der Waals surface area contributed by atoms with E-state index in [9.17, 15) is 4.79 Å². The molecule has 3 atom stereocenters. The molecule has 140 valence electrons. The van der Waals surface area contributed by atoms with Crippen LogP contribution in [0.5, 0.6) is 0 Å². The number of nitrogens with one attached hydrogen (secondary N) is 1. The van der Waals surface area contributed by atoms with E-state index >= 15 is 0 Å². The highest BCUT2D eigenvalue weighted by Crippen LogP contribution is 2.31. The van der Waals surface area contributed by atoms with Gasteiger partial charge >= 0.3 is 0 Å². The number of carbonyl (C=O) groups is 1. The minimum atomic E-state index is 0.0240. The first-order chi connectivity index (χ1) is 12.6. The number of benzene rings is 1. The number of rotatable bonds is 4. The van der Waals surface area contributed by atoms with Gasteiger partial charge in [0, 0.05) is 36.5 Å². The fourth-order valence-corrected chi connectivity index (χ4v) is 5.31. The highest BCUT2D eigenvalue weighted by Gasteiger charge is 2.33. The summed E-state index contributed by atoms with van der Waals surface area (Å²) < 4.78 is 0. The molecule has 1 aromatic rings. The summed E-state index contributed by atoms with van der Waals surface area (Å²) in [4.78, 5) is 17.5. The van der Waals surface area contributed by atoms with E-state index in [-0.39, 0.29) is 11.2 Å². The van der Waals surface area contributed by atoms with Gasteiger partial charge in [-0.25, -0.2) is 0 Å². The lowest BCUT2D eigenvalue weighted by Gasteiger charge is -2.28. The summed E-state index contributed by atoms with van der Waals surface area (Å²) in [5.41, 5.74) is 3.37. The van der Waals surface area contributed by atoms with Crippen molar-refractivity contribution in [2.24, 2.45) is 0 Å². The fourth-order valence-electron chi connectivity index (χ4n) is 4.50. The van der Waals surface area contributed by atoms with Crippen LogP contribution in [0.1, 0.15) is 38.2 Å². The van der Waals surface area contributed by atoms with E-state index in [2.05, 4.69) is 53.2 Å². The third-order valence-electron chi connectivity index (χ3n) is 6.05. The Morgan fingerprint density at radius 3 is 2.85 bits per heavy atom. The average molecular weight is 372 g/mol. The maximum absolute atomic E-state index is 12.3. The van der Waals surface area contributed by atoms with Gasteiger partial charge in [-0.3, -0.25) is 9.69 Å². The molecule has 2 fully saturated rings. The van der Waals surface area contributed by atoms with Crippen molar-refractivity contribution in [2.75, 3.05) is 29.9 Å². The second kappa shape index (κ2) is 7.65. The van der Waals surface area contributed by atoms with Gasteiger partial charge in [0.2, 0.25) is 5.91 Å². The summed E-state index contributed by atoms with van der Waals surface area (Å²) in [5.74, 6) is 0.111. The lowest BCUT2D eigenvalue weighted by atomic mass is 10.1. The largest absolute Gasteiger partial charge is 0.370 e. The normalized spacial score (nSPS) is 28.8. The van der Waals surface area contributed by atoms with Crippen LogP contribution in [0.2, 0.25) is 0 Å². The minimum absolute atomic E-state index is 0.0240. The van der Waals surface area contributed by atoms with E-state index in [1.54, 1.807) is 11.8 Å². The number of thioether (sulfide) groups is 1. The fraction of sp³-hybridized carbons (Fsp3) is 0.571. The zero-order chi connectivity index (χ0) is 18.1. The molecule has 26 heavy (non-hydrogen) atoms. The van der Waals surface area contributed by atoms with Crippen LogP contribution in [0.15, 0.2) is 29.7 Å². The van der Waals surface area contributed by atoms with Gasteiger partial charge in [0.15, 0.2) is 0 Å². The molecule has 3 aliphatic rings. The molecule has 0 bridgehead atoms. The molecule has 4 rings (SSSR count). The monoisotopic (exact) mass is 371 g/mol. The van der Waals surface area contributed by atoms with Crippen molar-refractivity contribution >= 4 is 29.0 Å². The number of hydrogen-bond acceptors (Lipinski definition) is 4. The zero-order valence-corrected chi connectivity index (χ0v) is 16.6. The third-order valence-corrected chi connectivity index (χ3v) is 7.14. The molecule has 4 nitrogen and oxygen atoms in total. The van der Waals surface area contributed by atoms with E-state index in [1.165, 1.54) is 31.5 Å². The Balaban J connectivity index is 1.39. The van der Waals surface area contributed by atoms with Crippen LogP contribution < -0.4 is 10.2 Å². The number of carbonyl (C=O) groups excluding carboxylic acids is 1. The van der Waals surface area contributed by atoms with Gasteiger partial charge in [0.05, 0.1) is 5.25 Å².